The Morgan fingerprint density at radius 2 is 2.05 bits per heavy atom. The fourth-order valence-electron chi connectivity index (χ4n) is 2.16. The number of carboxylic acid groups (broad SMARTS) is 1. The molecule has 1 aliphatic rings. The number of amides is 2. The van der Waals surface area contributed by atoms with Crippen molar-refractivity contribution in [3.05, 3.63) is 10.6 Å². The molecule has 1 heterocycles. The summed E-state index contributed by atoms with van der Waals surface area (Å²) in [5.41, 5.74) is 0.490. The average Bonchev–Trinajstić information content (AvgIpc) is 2.84. The number of fused-ring (bicyclic) bond motifs is 1. The maximum Gasteiger partial charge on any atom is 0.326 e. The Bertz CT molecular complexity index is 512. The maximum atomic E-state index is 11.9. The second-order valence-corrected chi connectivity index (χ2v) is 7.06. The number of nitrogens with one attached hydrogen (secondary N) is 2. The third-order valence-corrected chi connectivity index (χ3v) is 4.28. The molecule has 0 saturated carbocycles. The van der Waals surface area contributed by atoms with Crippen LogP contribution >= 0.6 is 11.3 Å². The molecule has 0 fully saturated rings. The summed E-state index contributed by atoms with van der Waals surface area (Å²) >= 11 is 1.46. The number of urea groups is 1. The van der Waals surface area contributed by atoms with Crippen LogP contribution in [0.2, 0.25) is 0 Å². The Hall–Kier alpha value is -1.63. The van der Waals surface area contributed by atoms with E-state index in [1.807, 2.05) is 0 Å². The number of aryl methyl sites for hydroxylation is 2. The summed E-state index contributed by atoms with van der Waals surface area (Å²) in [6.07, 6.45) is 3.08. The smallest absolute Gasteiger partial charge is 0.326 e. The maximum absolute atomic E-state index is 11.9. The van der Waals surface area contributed by atoms with E-state index in [0.29, 0.717) is 5.13 Å². The molecule has 0 unspecified atom stereocenters. The van der Waals surface area contributed by atoms with Gasteiger partial charge >= 0.3 is 12.0 Å². The van der Waals surface area contributed by atoms with E-state index in [9.17, 15) is 9.59 Å². The van der Waals surface area contributed by atoms with Gasteiger partial charge < -0.3 is 10.4 Å². The van der Waals surface area contributed by atoms with Crippen LogP contribution in [0, 0.1) is 5.41 Å². The van der Waals surface area contributed by atoms with Crippen molar-refractivity contribution in [1.29, 1.82) is 0 Å². The van der Waals surface area contributed by atoms with Gasteiger partial charge in [0.2, 0.25) is 0 Å². The van der Waals surface area contributed by atoms with Crippen LogP contribution in [0.15, 0.2) is 0 Å². The Morgan fingerprint density at radius 3 is 2.60 bits per heavy atom. The Labute approximate surface area is 121 Å². The molecule has 0 saturated heterocycles. The third kappa shape index (κ3) is 3.27. The molecule has 3 N–H and O–H groups in total. The van der Waals surface area contributed by atoms with Crippen molar-refractivity contribution in [3.8, 4) is 0 Å². The van der Waals surface area contributed by atoms with E-state index < -0.39 is 23.5 Å². The van der Waals surface area contributed by atoms with Crippen LogP contribution in [0.4, 0.5) is 9.93 Å². The molecule has 20 heavy (non-hydrogen) atoms. The summed E-state index contributed by atoms with van der Waals surface area (Å²) < 4.78 is 0. The highest BCUT2D eigenvalue weighted by atomic mass is 32.1. The fraction of sp³-hybridized carbons (Fsp3) is 0.615. The van der Waals surface area contributed by atoms with Gasteiger partial charge in [-0.25, -0.2) is 14.6 Å². The number of carboxylic acids is 1. The van der Waals surface area contributed by atoms with E-state index in [1.54, 1.807) is 20.8 Å². The highest BCUT2D eigenvalue weighted by Crippen LogP contribution is 2.30. The van der Waals surface area contributed by atoms with E-state index in [4.69, 9.17) is 5.11 Å². The van der Waals surface area contributed by atoms with Crippen molar-refractivity contribution in [2.75, 3.05) is 5.32 Å². The fourth-order valence-corrected chi connectivity index (χ4v) is 3.20. The zero-order valence-corrected chi connectivity index (χ0v) is 12.6. The van der Waals surface area contributed by atoms with Crippen LogP contribution < -0.4 is 10.6 Å². The lowest BCUT2D eigenvalue weighted by atomic mass is 9.87. The second kappa shape index (κ2) is 5.40. The number of nitrogens with zero attached hydrogens (tertiary/aromatic N) is 1. The van der Waals surface area contributed by atoms with Crippen LogP contribution in [0.25, 0.3) is 0 Å². The first-order valence-electron chi connectivity index (χ1n) is 6.56. The van der Waals surface area contributed by atoms with Gasteiger partial charge in [0.05, 0.1) is 5.69 Å². The van der Waals surface area contributed by atoms with E-state index in [1.165, 1.54) is 16.2 Å². The second-order valence-electron chi connectivity index (χ2n) is 5.98. The average molecular weight is 297 g/mol. The molecule has 0 aliphatic heterocycles. The molecule has 0 radical (unpaired) electrons. The van der Waals surface area contributed by atoms with E-state index >= 15 is 0 Å². The van der Waals surface area contributed by atoms with Crippen molar-refractivity contribution >= 4 is 28.5 Å². The molecule has 1 aliphatic carbocycles. The number of hydrogen-bond donors (Lipinski definition) is 3. The molecule has 0 bridgehead atoms. The molecule has 7 heteroatoms. The topological polar surface area (TPSA) is 91.3 Å². The third-order valence-electron chi connectivity index (χ3n) is 3.20. The Kier molecular flexibility index (Phi) is 3.99. The van der Waals surface area contributed by atoms with Crippen molar-refractivity contribution in [2.24, 2.45) is 5.41 Å². The zero-order valence-electron chi connectivity index (χ0n) is 11.8. The number of aromatic nitrogens is 1. The first kappa shape index (κ1) is 14.8. The summed E-state index contributed by atoms with van der Waals surface area (Å²) in [6, 6.07) is -1.48. The van der Waals surface area contributed by atoms with Gasteiger partial charge in [0, 0.05) is 4.88 Å². The molecule has 2 rings (SSSR count). The highest BCUT2D eigenvalue weighted by Gasteiger charge is 2.32. The number of carbonyl (C=O) groups excluding carboxylic acids is 1. The molecule has 2 amide bonds. The normalized spacial score (nSPS) is 15.6. The number of rotatable bonds is 3. The predicted octanol–water partition coefficient (Wildman–Crippen LogP) is 2.25. The standard InChI is InChI=1S/C13H19N3O3S/c1-13(2,3)9(10(17)18)15-11(19)16-12-14-7-5-4-6-8(7)20-12/h9H,4-6H2,1-3H3,(H,17,18)(H2,14,15,16,19)/t9-/m0/s1. The minimum Gasteiger partial charge on any atom is -0.480 e. The summed E-state index contributed by atoms with van der Waals surface area (Å²) in [5.74, 6) is -1.05. The summed E-state index contributed by atoms with van der Waals surface area (Å²) in [5, 5.41) is 14.8. The molecular weight excluding hydrogens is 278 g/mol. The van der Waals surface area contributed by atoms with Crippen LogP contribution in [0.1, 0.15) is 37.8 Å². The molecule has 6 nitrogen and oxygen atoms in total. The summed E-state index contributed by atoms with van der Waals surface area (Å²) in [4.78, 5) is 28.6. The van der Waals surface area contributed by atoms with E-state index in [-0.39, 0.29) is 0 Å². The molecular formula is C13H19N3O3S. The minimum absolute atomic E-state index is 0.528. The quantitative estimate of drug-likeness (QED) is 0.798. The van der Waals surface area contributed by atoms with Gasteiger partial charge in [-0.05, 0) is 24.7 Å². The number of anilines is 1. The SMILES string of the molecule is CC(C)(C)[C@@H](NC(=O)Nc1nc2c(s1)CCC2)C(=O)O. The highest BCUT2D eigenvalue weighted by molar-refractivity contribution is 7.15. The first-order chi connectivity index (χ1) is 9.27. The van der Waals surface area contributed by atoms with Crippen molar-refractivity contribution in [2.45, 2.75) is 46.1 Å². The van der Waals surface area contributed by atoms with Crippen LogP contribution in [0.5, 0.6) is 0 Å². The van der Waals surface area contributed by atoms with E-state index in [0.717, 1.165) is 25.0 Å². The number of carbonyl (C=O) groups is 2. The van der Waals surface area contributed by atoms with Gasteiger partial charge in [-0.3, -0.25) is 5.32 Å². The Balaban J connectivity index is 1.99. The lowest BCUT2D eigenvalue weighted by Gasteiger charge is -2.27. The van der Waals surface area contributed by atoms with Crippen LogP contribution in [-0.4, -0.2) is 28.1 Å². The molecule has 0 aromatic carbocycles. The number of aliphatic carboxylic acids is 1. The lowest BCUT2D eigenvalue weighted by molar-refractivity contribution is -0.141. The van der Waals surface area contributed by atoms with Crippen LogP contribution in [0.3, 0.4) is 0 Å². The first-order valence-corrected chi connectivity index (χ1v) is 7.38. The summed E-state index contributed by atoms with van der Waals surface area (Å²) in [6.45, 7) is 5.30. The molecule has 0 spiro atoms. The Morgan fingerprint density at radius 1 is 1.35 bits per heavy atom. The van der Waals surface area contributed by atoms with Crippen molar-refractivity contribution in [1.82, 2.24) is 10.3 Å². The molecule has 1 atom stereocenters. The van der Waals surface area contributed by atoms with Gasteiger partial charge in [0.15, 0.2) is 5.13 Å². The predicted molar refractivity (Wildman–Crippen MR) is 77.2 cm³/mol. The van der Waals surface area contributed by atoms with Gasteiger partial charge in [-0.1, -0.05) is 20.8 Å². The zero-order chi connectivity index (χ0) is 14.9. The number of hydrogen-bond acceptors (Lipinski definition) is 4. The lowest BCUT2D eigenvalue weighted by Crippen LogP contribution is -2.50. The summed E-state index contributed by atoms with van der Waals surface area (Å²) in [7, 11) is 0. The van der Waals surface area contributed by atoms with Gasteiger partial charge in [0.25, 0.3) is 0 Å². The van der Waals surface area contributed by atoms with Crippen molar-refractivity contribution < 1.29 is 14.7 Å². The van der Waals surface area contributed by atoms with Crippen molar-refractivity contribution in [3.63, 3.8) is 0 Å². The van der Waals surface area contributed by atoms with Gasteiger partial charge in [0.1, 0.15) is 6.04 Å². The van der Waals surface area contributed by atoms with Gasteiger partial charge in [-0.15, -0.1) is 11.3 Å². The molecule has 1 aromatic rings. The van der Waals surface area contributed by atoms with Crippen LogP contribution in [-0.2, 0) is 17.6 Å². The number of thiazole rings is 1. The monoisotopic (exact) mass is 297 g/mol. The van der Waals surface area contributed by atoms with E-state index in [2.05, 4.69) is 15.6 Å². The minimum atomic E-state index is -1.05. The van der Waals surface area contributed by atoms with Gasteiger partial charge in [-0.2, -0.15) is 0 Å². The molecule has 110 valence electrons. The molecule has 1 aromatic heterocycles. The largest absolute Gasteiger partial charge is 0.480 e.